The fourth-order valence-corrected chi connectivity index (χ4v) is 6.48. The van der Waals surface area contributed by atoms with Crippen molar-refractivity contribution in [2.24, 2.45) is 0 Å². The van der Waals surface area contributed by atoms with Crippen molar-refractivity contribution in [2.75, 3.05) is 17.2 Å². The zero-order valence-corrected chi connectivity index (χ0v) is 24.6. The molecule has 2 amide bonds. The molecule has 216 valence electrons. The number of nitrogens with one attached hydrogen (secondary N) is 1. The van der Waals surface area contributed by atoms with Gasteiger partial charge in [-0.1, -0.05) is 54.6 Å². The van der Waals surface area contributed by atoms with Gasteiger partial charge in [-0.05, 0) is 66.4 Å². The number of aryl methyl sites for hydroxylation is 1. The van der Waals surface area contributed by atoms with Crippen LogP contribution in [0.3, 0.4) is 0 Å². The number of thioether (sulfide) groups is 1. The van der Waals surface area contributed by atoms with Crippen molar-refractivity contribution >= 4 is 29.4 Å². The average Bonchev–Trinajstić information content (AvgIpc) is 3.34. The Hall–Kier alpha value is -4.76. The third-order valence-electron chi connectivity index (χ3n) is 7.63. The van der Waals surface area contributed by atoms with E-state index in [1.807, 2.05) is 80.6 Å². The molecule has 0 unspecified atom stereocenters. The Morgan fingerprint density at radius 2 is 1.77 bits per heavy atom. The number of halogens is 1. The van der Waals surface area contributed by atoms with Crippen LogP contribution in [0.4, 0.5) is 10.2 Å². The minimum Gasteiger partial charge on any atom is -0.350 e. The van der Waals surface area contributed by atoms with Crippen LogP contribution in [0.25, 0.3) is 16.9 Å². The number of amides is 2. The van der Waals surface area contributed by atoms with Crippen LogP contribution in [0, 0.1) is 19.7 Å². The molecule has 1 N–H and O–H groups in total. The molecule has 1 aliphatic rings. The van der Waals surface area contributed by atoms with Crippen molar-refractivity contribution in [2.45, 2.75) is 25.6 Å². The van der Waals surface area contributed by atoms with Crippen LogP contribution in [0.5, 0.6) is 0 Å². The molecule has 0 saturated heterocycles. The number of hydrogen-bond donors (Lipinski definition) is 1. The van der Waals surface area contributed by atoms with Gasteiger partial charge in [0.1, 0.15) is 18.2 Å². The number of benzene rings is 3. The number of aromatic nitrogens is 3. The van der Waals surface area contributed by atoms with Gasteiger partial charge < -0.3 is 5.32 Å². The highest BCUT2D eigenvalue weighted by Gasteiger charge is 2.38. The summed E-state index contributed by atoms with van der Waals surface area (Å²) in [7, 11) is 0. The van der Waals surface area contributed by atoms with Gasteiger partial charge in [0.05, 0.1) is 22.4 Å². The minimum absolute atomic E-state index is 0.106. The predicted molar refractivity (Wildman–Crippen MR) is 168 cm³/mol. The van der Waals surface area contributed by atoms with E-state index in [0.717, 1.165) is 39.1 Å². The smallest absolute Gasteiger partial charge is 0.240 e. The summed E-state index contributed by atoms with van der Waals surface area (Å²) < 4.78 is 16.4. The monoisotopic (exact) mass is 591 g/mol. The maximum Gasteiger partial charge on any atom is 0.240 e. The fraction of sp³-hybridized carbons (Fsp3) is 0.176. The Balaban J connectivity index is 1.55. The molecule has 0 bridgehead atoms. The predicted octanol–water partition coefficient (Wildman–Crippen LogP) is 6.18. The molecule has 0 radical (unpaired) electrons. The molecule has 3 heterocycles. The number of nitrogens with zero attached hydrogens (tertiary/aromatic N) is 4. The summed E-state index contributed by atoms with van der Waals surface area (Å²) in [5.74, 6) is -0.272. The summed E-state index contributed by atoms with van der Waals surface area (Å²) in [4.78, 5) is 32.9. The molecule has 43 heavy (non-hydrogen) atoms. The Kier molecular flexibility index (Phi) is 8.07. The molecule has 0 aliphatic carbocycles. The summed E-state index contributed by atoms with van der Waals surface area (Å²) in [6.07, 6.45) is 3.34. The van der Waals surface area contributed by atoms with Gasteiger partial charge in [-0.25, -0.2) is 9.07 Å². The van der Waals surface area contributed by atoms with Crippen molar-refractivity contribution in [3.63, 3.8) is 0 Å². The van der Waals surface area contributed by atoms with Gasteiger partial charge in [0.15, 0.2) is 0 Å². The van der Waals surface area contributed by atoms with Crippen LogP contribution in [0.1, 0.15) is 33.1 Å². The average molecular weight is 592 g/mol. The maximum absolute atomic E-state index is 14.6. The third kappa shape index (κ3) is 5.81. The van der Waals surface area contributed by atoms with E-state index < -0.39 is 5.25 Å². The van der Waals surface area contributed by atoms with E-state index in [-0.39, 0.29) is 29.9 Å². The van der Waals surface area contributed by atoms with E-state index >= 15 is 0 Å². The molecule has 0 saturated carbocycles. The lowest BCUT2D eigenvalue weighted by Gasteiger charge is -2.24. The first-order valence-electron chi connectivity index (χ1n) is 14.0. The Labute approximate surface area is 253 Å². The molecule has 5 aromatic rings. The van der Waals surface area contributed by atoms with Gasteiger partial charge in [0, 0.05) is 30.1 Å². The number of carbonyl (C=O) groups is 2. The first-order chi connectivity index (χ1) is 20.9. The summed E-state index contributed by atoms with van der Waals surface area (Å²) in [6.45, 7) is 4.16. The van der Waals surface area contributed by atoms with E-state index in [2.05, 4.69) is 10.3 Å². The molecule has 0 fully saturated rings. The molecule has 3 aromatic carbocycles. The van der Waals surface area contributed by atoms with Crippen LogP contribution in [-0.4, -0.2) is 38.9 Å². The quantitative estimate of drug-likeness (QED) is 0.245. The van der Waals surface area contributed by atoms with E-state index in [1.165, 1.54) is 28.8 Å². The lowest BCUT2D eigenvalue weighted by Crippen LogP contribution is -2.42. The van der Waals surface area contributed by atoms with Crippen LogP contribution in [-0.2, 0) is 16.1 Å². The Morgan fingerprint density at radius 1 is 1.00 bits per heavy atom. The molecular formula is C34H30FN5O2S. The second-order valence-electron chi connectivity index (χ2n) is 10.4. The molecule has 9 heteroatoms. The molecule has 1 aliphatic heterocycles. The van der Waals surface area contributed by atoms with Gasteiger partial charge in [0.2, 0.25) is 11.8 Å². The van der Waals surface area contributed by atoms with E-state index in [4.69, 9.17) is 5.10 Å². The van der Waals surface area contributed by atoms with Crippen molar-refractivity contribution in [3.05, 3.63) is 131 Å². The van der Waals surface area contributed by atoms with E-state index in [0.29, 0.717) is 18.1 Å². The zero-order chi connectivity index (χ0) is 29.9. The summed E-state index contributed by atoms with van der Waals surface area (Å²) in [6, 6.07) is 25.8. The van der Waals surface area contributed by atoms with Gasteiger partial charge in [-0.2, -0.15) is 5.10 Å². The lowest BCUT2D eigenvalue weighted by atomic mass is 9.99. The van der Waals surface area contributed by atoms with E-state index in [1.54, 1.807) is 23.1 Å². The van der Waals surface area contributed by atoms with Gasteiger partial charge in [0.25, 0.3) is 0 Å². The normalized spacial score (nSPS) is 14.7. The van der Waals surface area contributed by atoms with Crippen molar-refractivity contribution in [1.82, 2.24) is 20.1 Å². The topological polar surface area (TPSA) is 80.1 Å². The van der Waals surface area contributed by atoms with Gasteiger partial charge in [-0.3, -0.25) is 19.5 Å². The number of anilines is 1. The standard InChI is InChI=1S/C34H30FN5O2S/c1-22-8-6-13-28(23(22)2)40-34-31(32(38-40)25-9-4-3-5-10-25)33(26-11-7-12-27(35)18-26)43-21-30(42)39(34)20-29(41)37-19-24-14-16-36-17-15-24/h3-18,33H,19-21H2,1-2H3,(H,37,41)/t33-/m0/s1. The molecular weight excluding hydrogens is 561 g/mol. The number of carbonyl (C=O) groups excluding carboxylic acids is 2. The third-order valence-corrected chi connectivity index (χ3v) is 8.89. The van der Waals surface area contributed by atoms with Crippen LogP contribution in [0.15, 0.2) is 97.3 Å². The van der Waals surface area contributed by atoms with Gasteiger partial charge in [-0.15, -0.1) is 11.8 Å². The van der Waals surface area contributed by atoms with Crippen molar-refractivity contribution < 1.29 is 14.0 Å². The molecule has 2 aromatic heterocycles. The number of fused-ring (bicyclic) bond motifs is 1. The molecule has 0 spiro atoms. The van der Waals surface area contributed by atoms with Crippen LogP contribution < -0.4 is 10.2 Å². The second kappa shape index (κ2) is 12.2. The van der Waals surface area contributed by atoms with Crippen molar-refractivity contribution in [1.29, 1.82) is 0 Å². The number of hydrogen-bond acceptors (Lipinski definition) is 5. The first-order valence-corrected chi connectivity index (χ1v) is 15.0. The lowest BCUT2D eigenvalue weighted by molar-refractivity contribution is -0.123. The highest BCUT2D eigenvalue weighted by molar-refractivity contribution is 8.00. The summed E-state index contributed by atoms with van der Waals surface area (Å²) >= 11 is 1.41. The van der Waals surface area contributed by atoms with Gasteiger partial charge >= 0.3 is 0 Å². The Bertz CT molecular complexity index is 1790. The second-order valence-corrected chi connectivity index (χ2v) is 11.5. The SMILES string of the molecule is Cc1cccc(-n2nc(-c3ccccc3)c3c2N(CC(=O)NCc2ccncc2)C(=O)CS[C@H]3c2cccc(F)c2)c1C. The van der Waals surface area contributed by atoms with E-state index in [9.17, 15) is 14.0 Å². The fourth-order valence-electron chi connectivity index (χ4n) is 5.30. The van der Waals surface area contributed by atoms with Crippen LogP contribution in [0.2, 0.25) is 0 Å². The van der Waals surface area contributed by atoms with Crippen LogP contribution >= 0.6 is 11.8 Å². The Morgan fingerprint density at radius 3 is 2.53 bits per heavy atom. The maximum atomic E-state index is 14.6. The molecule has 1 atom stereocenters. The minimum atomic E-state index is -0.409. The summed E-state index contributed by atoms with van der Waals surface area (Å²) in [5.41, 5.74) is 6.80. The largest absolute Gasteiger partial charge is 0.350 e. The zero-order valence-electron chi connectivity index (χ0n) is 23.8. The summed E-state index contributed by atoms with van der Waals surface area (Å²) in [5, 5.41) is 7.67. The first kappa shape index (κ1) is 28.4. The number of rotatable bonds is 7. The molecule has 7 nitrogen and oxygen atoms in total. The molecule has 6 rings (SSSR count). The number of pyridine rings is 1. The highest BCUT2D eigenvalue weighted by Crippen LogP contribution is 2.48. The highest BCUT2D eigenvalue weighted by atomic mass is 32.2. The van der Waals surface area contributed by atoms with Crippen molar-refractivity contribution in [3.8, 4) is 16.9 Å².